The van der Waals surface area contributed by atoms with Crippen LogP contribution in [-0.2, 0) is 0 Å². The lowest BCUT2D eigenvalue weighted by Gasteiger charge is -2.08. The summed E-state index contributed by atoms with van der Waals surface area (Å²) in [5.41, 5.74) is -0.312. The molecule has 0 saturated heterocycles. The summed E-state index contributed by atoms with van der Waals surface area (Å²) in [5, 5.41) is 20.2. The normalized spacial score (nSPS) is 9.85. The molecule has 0 unspecified atom stereocenters. The molecule has 0 atom stereocenters. The number of nitriles is 1. The Morgan fingerprint density at radius 2 is 2.05 bits per heavy atom. The molecule has 0 aliphatic carbocycles. The van der Waals surface area contributed by atoms with E-state index in [1.807, 2.05) is 0 Å². The minimum absolute atomic E-state index is 0.0162. The first-order valence-corrected chi connectivity index (χ1v) is 6.50. The van der Waals surface area contributed by atoms with Crippen LogP contribution in [0.25, 0.3) is 0 Å². The Kier molecular flexibility index (Phi) is 4.23. The molecule has 0 spiro atoms. The molecule has 7 heteroatoms. The molecule has 0 N–H and O–H groups in total. The van der Waals surface area contributed by atoms with Gasteiger partial charge in [-0.1, -0.05) is 11.6 Å². The second-order valence-corrected chi connectivity index (χ2v) is 5.02. The number of hydrogen-bond acceptors (Lipinski definition) is 4. The van der Waals surface area contributed by atoms with E-state index in [9.17, 15) is 10.1 Å². The van der Waals surface area contributed by atoms with E-state index >= 15 is 0 Å². The maximum absolute atomic E-state index is 10.9. The molecular weight excluding hydrogens is 348 g/mol. The van der Waals surface area contributed by atoms with E-state index in [0.717, 1.165) is 0 Å². The predicted molar refractivity (Wildman–Crippen MR) is 77.0 cm³/mol. The van der Waals surface area contributed by atoms with Gasteiger partial charge in [-0.2, -0.15) is 5.26 Å². The molecule has 0 radical (unpaired) electrons. The van der Waals surface area contributed by atoms with Gasteiger partial charge >= 0.3 is 0 Å². The first-order chi connectivity index (χ1) is 9.51. The summed E-state index contributed by atoms with van der Waals surface area (Å²) >= 11 is 9.10. The third kappa shape index (κ3) is 3.07. The van der Waals surface area contributed by atoms with Crippen molar-refractivity contribution in [2.75, 3.05) is 0 Å². The number of hydrogen-bond donors (Lipinski definition) is 0. The van der Waals surface area contributed by atoms with Crippen LogP contribution < -0.4 is 4.74 Å². The van der Waals surface area contributed by atoms with Gasteiger partial charge in [-0.05, 0) is 46.3 Å². The van der Waals surface area contributed by atoms with Crippen LogP contribution in [0.4, 0.5) is 5.69 Å². The minimum atomic E-state index is -0.623. The summed E-state index contributed by atoms with van der Waals surface area (Å²) in [5.74, 6) is 0.729. The van der Waals surface area contributed by atoms with Gasteiger partial charge in [0, 0.05) is 5.02 Å². The third-order valence-electron chi connectivity index (χ3n) is 2.41. The summed E-state index contributed by atoms with van der Waals surface area (Å²) in [7, 11) is 0. The Morgan fingerprint density at radius 3 is 2.65 bits per heavy atom. The zero-order valence-electron chi connectivity index (χ0n) is 9.84. The molecule has 0 amide bonds. The summed E-state index contributed by atoms with van der Waals surface area (Å²) in [6.07, 6.45) is 0. The summed E-state index contributed by atoms with van der Waals surface area (Å²) in [6.45, 7) is 0. The highest BCUT2D eigenvalue weighted by Gasteiger charge is 2.15. The standard InChI is InChI=1S/C13H6BrClN2O3/c14-11-5-9(15)2-4-13(11)20-10-3-1-8(7-16)12(6-10)17(18)19/h1-6H. The molecule has 0 bridgehead atoms. The van der Waals surface area contributed by atoms with Crippen LogP contribution in [0.15, 0.2) is 40.9 Å². The molecule has 20 heavy (non-hydrogen) atoms. The smallest absolute Gasteiger partial charge is 0.290 e. The minimum Gasteiger partial charge on any atom is -0.456 e. The lowest BCUT2D eigenvalue weighted by molar-refractivity contribution is -0.385. The first kappa shape index (κ1) is 14.3. The van der Waals surface area contributed by atoms with Gasteiger partial charge in [-0.3, -0.25) is 10.1 Å². The predicted octanol–water partition coefficient (Wildman–Crippen LogP) is 4.67. The number of nitro groups is 1. The van der Waals surface area contributed by atoms with Crippen molar-refractivity contribution in [2.45, 2.75) is 0 Å². The van der Waals surface area contributed by atoms with E-state index in [0.29, 0.717) is 15.2 Å². The zero-order chi connectivity index (χ0) is 14.7. The van der Waals surface area contributed by atoms with Crippen molar-refractivity contribution in [2.24, 2.45) is 0 Å². The molecule has 2 rings (SSSR count). The second kappa shape index (κ2) is 5.90. The second-order valence-electron chi connectivity index (χ2n) is 3.72. The number of benzene rings is 2. The fraction of sp³-hybridized carbons (Fsp3) is 0. The molecule has 2 aromatic carbocycles. The average Bonchev–Trinajstić information content (AvgIpc) is 2.41. The highest BCUT2D eigenvalue weighted by Crippen LogP contribution is 2.33. The van der Waals surface area contributed by atoms with Gasteiger partial charge in [0.2, 0.25) is 0 Å². The van der Waals surface area contributed by atoms with Crippen molar-refractivity contribution >= 4 is 33.2 Å². The molecule has 0 saturated carbocycles. The molecule has 0 heterocycles. The van der Waals surface area contributed by atoms with E-state index in [1.54, 1.807) is 24.3 Å². The number of halogens is 2. The molecule has 2 aromatic rings. The van der Waals surface area contributed by atoms with Crippen LogP contribution in [-0.4, -0.2) is 4.92 Å². The molecule has 0 aliphatic heterocycles. The zero-order valence-corrected chi connectivity index (χ0v) is 12.2. The Bertz CT molecular complexity index is 728. The average molecular weight is 354 g/mol. The van der Waals surface area contributed by atoms with Crippen LogP contribution in [0.3, 0.4) is 0 Å². The Balaban J connectivity index is 2.37. The fourth-order valence-corrected chi connectivity index (χ4v) is 2.27. The fourth-order valence-electron chi connectivity index (χ4n) is 1.51. The highest BCUT2D eigenvalue weighted by molar-refractivity contribution is 9.10. The number of rotatable bonds is 3. The van der Waals surface area contributed by atoms with Crippen molar-refractivity contribution in [1.82, 2.24) is 0 Å². The van der Waals surface area contributed by atoms with E-state index < -0.39 is 4.92 Å². The number of nitro benzene ring substituents is 1. The van der Waals surface area contributed by atoms with Gasteiger partial charge in [-0.25, -0.2) is 0 Å². The topological polar surface area (TPSA) is 76.2 Å². The van der Waals surface area contributed by atoms with E-state index in [4.69, 9.17) is 21.6 Å². The quantitative estimate of drug-likeness (QED) is 0.593. The summed E-state index contributed by atoms with van der Waals surface area (Å²) in [4.78, 5) is 10.2. The van der Waals surface area contributed by atoms with Crippen LogP contribution in [0.2, 0.25) is 5.02 Å². The summed E-state index contributed by atoms with van der Waals surface area (Å²) < 4.78 is 6.16. The van der Waals surface area contributed by atoms with Gasteiger partial charge in [0.25, 0.3) is 5.69 Å². The third-order valence-corrected chi connectivity index (χ3v) is 3.26. The lowest BCUT2D eigenvalue weighted by atomic mass is 10.2. The van der Waals surface area contributed by atoms with Crippen LogP contribution in [0.5, 0.6) is 11.5 Å². The maximum Gasteiger partial charge on any atom is 0.290 e. The highest BCUT2D eigenvalue weighted by atomic mass is 79.9. The van der Waals surface area contributed by atoms with Crippen LogP contribution in [0, 0.1) is 21.4 Å². The van der Waals surface area contributed by atoms with Crippen molar-refractivity contribution in [3.63, 3.8) is 0 Å². The Morgan fingerprint density at radius 1 is 1.30 bits per heavy atom. The molecule has 0 aromatic heterocycles. The number of nitrogens with zero attached hydrogens (tertiary/aromatic N) is 2. The van der Waals surface area contributed by atoms with E-state index in [2.05, 4.69) is 15.9 Å². The largest absolute Gasteiger partial charge is 0.456 e. The van der Waals surface area contributed by atoms with Crippen molar-refractivity contribution < 1.29 is 9.66 Å². The Hall–Kier alpha value is -2.10. The van der Waals surface area contributed by atoms with Crippen molar-refractivity contribution in [3.8, 4) is 17.6 Å². The van der Waals surface area contributed by atoms with E-state index in [-0.39, 0.29) is 17.0 Å². The number of ether oxygens (including phenoxy) is 1. The van der Waals surface area contributed by atoms with Crippen LogP contribution in [0.1, 0.15) is 5.56 Å². The van der Waals surface area contributed by atoms with E-state index in [1.165, 1.54) is 18.2 Å². The van der Waals surface area contributed by atoms with Crippen LogP contribution >= 0.6 is 27.5 Å². The van der Waals surface area contributed by atoms with Gasteiger partial charge in [0.1, 0.15) is 23.1 Å². The molecule has 100 valence electrons. The van der Waals surface area contributed by atoms with Crippen molar-refractivity contribution in [1.29, 1.82) is 5.26 Å². The van der Waals surface area contributed by atoms with Gasteiger partial charge in [0.05, 0.1) is 15.5 Å². The Labute approximate surface area is 127 Å². The summed E-state index contributed by atoms with van der Waals surface area (Å²) in [6, 6.07) is 10.7. The lowest BCUT2D eigenvalue weighted by Crippen LogP contribution is -1.93. The van der Waals surface area contributed by atoms with Gasteiger partial charge in [-0.15, -0.1) is 0 Å². The van der Waals surface area contributed by atoms with Gasteiger partial charge in [0.15, 0.2) is 0 Å². The van der Waals surface area contributed by atoms with Crippen molar-refractivity contribution in [3.05, 3.63) is 61.6 Å². The SMILES string of the molecule is N#Cc1ccc(Oc2ccc(Cl)cc2Br)cc1[N+](=O)[O-]. The molecular formula is C13H6BrClN2O3. The molecule has 5 nitrogen and oxygen atoms in total. The monoisotopic (exact) mass is 352 g/mol. The maximum atomic E-state index is 10.9. The van der Waals surface area contributed by atoms with Gasteiger partial charge < -0.3 is 4.74 Å². The molecule has 0 fully saturated rings. The first-order valence-electron chi connectivity index (χ1n) is 5.32. The molecule has 0 aliphatic rings.